The summed E-state index contributed by atoms with van der Waals surface area (Å²) in [7, 11) is 0. The van der Waals surface area contributed by atoms with Gasteiger partial charge >= 0.3 is 5.97 Å². The molecule has 3 aliphatic rings. The highest BCUT2D eigenvalue weighted by molar-refractivity contribution is 5.75. The fourth-order valence-corrected chi connectivity index (χ4v) is 5.46. The Kier molecular flexibility index (Phi) is 4.45. The van der Waals surface area contributed by atoms with Crippen molar-refractivity contribution in [3.8, 4) is 0 Å². The van der Waals surface area contributed by atoms with Gasteiger partial charge in [-0.1, -0.05) is 49.4 Å². The third kappa shape index (κ3) is 3.15. The number of hydrogen-bond acceptors (Lipinski definition) is 3. The Morgan fingerprint density at radius 3 is 2.92 bits per heavy atom. The maximum Gasteiger partial charge on any atom is 0.310 e. The molecule has 2 saturated carbocycles. The van der Waals surface area contributed by atoms with Gasteiger partial charge in [-0.3, -0.25) is 4.79 Å². The summed E-state index contributed by atoms with van der Waals surface area (Å²) in [5, 5.41) is 3.48. The minimum absolute atomic E-state index is 0.00317. The molecule has 0 bridgehead atoms. The van der Waals surface area contributed by atoms with Crippen molar-refractivity contribution < 1.29 is 9.53 Å². The summed E-state index contributed by atoms with van der Waals surface area (Å²) in [6.07, 6.45) is 5.84. The molecule has 1 aromatic carbocycles. The molecular weight excluding hydrogens is 310 g/mol. The largest absolute Gasteiger partial charge is 0.462 e. The molecule has 5 atom stereocenters. The monoisotopic (exact) mass is 339 g/mol. The van der Waals surface area contributed by atoms with E-state index in [1.54, 1.807) is 0 Å². The van der Waals surface area contributed by atoms with Gasteiger partial charge in [-0.05, 0) is 49.0 Å². The van der Waals surface area contributed by atoms with Gasteiger partial charge in [0.2, 0.25) is 0 Å². The number of fused-ring (bicyclic) bond motifs is 2. The van der Waals surface area contributed by atoms with Crippen LogP contribution in [0.5, 0.6) is 0 Å². The van der Waals surface area contributed by atoms with E-state index in [0.717, 1.165) is 25.8 Å². The van der Waals surface area contributed by atoms with Crippen LogP contribution in [0.4, 0.5) is 0 Å². The first kappa shape index (κ1) is 16.8. The van der Waals surface area contributed by atoms with Gasteiger partial charge in [-0.25, -0.2) is 0 Å². The SMILES string of the molecule is C=C1CCC[C@]2(C)C[C@H]3OC(=O)[C@@H](CNCc4ccccc4)[C@H]3C[C@H]12. The Morgan fingerprint density at radius 2 is 2.12 bits per heavy atom. The van der Waals surface area contributed by atoms with Crippen LogP contribution >= 0.6 is 0 Å². The summed E-state index contributed by atoms with van der Waals surface area (Å²) in [6.45, 7) is 8.26. The highest BCUT2D eigenvalue weighted by Crippen LogP contribution is 2.56. The van der Waals surface area contributed by atoms with Gasteiger partial charge < -0.3 is 10.1 Å². The molecule has 4 rings (SSSR count). The van der Waals surface area contributed by atoms with E-state index in [1.807, 2.05) is 18.2 Å². The van der Waals surface area contributed by atoms with Gasteiger partial charge in [-0.2, -0.15) is 0 Å². The first-order chi connectivity index (χ1) is 12.1. The van der Waals surface area contributed by atoms with Gasteiger partial charge in [0.25, 0.3) is 0 Å². The molecule has 134 valence electrons. The molecule has 0 aromatic heterocycles. The molecule has 1 heterocycles. The summed E-state index contributed by atoms with van der Waals surface area (Å²) in [5.41, 5.74) is 2.94. The lowest BCUT2D eigenvalue weighted by Crippen LogP contribution is -2.45. The Labute approximate surface area is 150 Å². The maximum atomic E-state index is 12.5. The number of nitrogens with one attached hydrogen (secondary N) is 1. The van der Waals surface area contributed by atoms with E-state index in [4.69, 9.17) is 4.74 Å². The average Bonchev–Trinajstić information content (AvgIpc) is 2.88. The highest BCUT2D eigenvalue weighted by atomic mass is 16.6. The Balaban J connectivity index is 1.42. The number of ether oxygens (including phenoxy) is 1. The van der Waals surface area contributed by atoms with Crippen LogP contribution in [-0.2, 0) is 16.1 Å². The summed E-state index contributed by atoms with van der Waals surface area (Å²) in [6, 6.07) is 10.3. The van der Waals surface area contributed by atoms with Gasteiger partial charge in [-0.15, -0.1) is 0 Å². The second-order valence-corrected chi connectivity index (χ2v) is 8.52. The maximum absolute atomic E-state index is 12.5. The second kappa shape index (κ2) is 6.60. The smallest absolute Gasteiger partial charge is 0.310 e. The number of benzene rings is 1. The zero-order valence-electron chi connectivity index (χ0n) is 15.2. The van der Waals surface area contributed by atoms with Crippen molar-refractivity contribution in [2.24, 2.45) is 23.2 Å². The topological polar surface area (TPSA) is 38.3 Å². The normalized spacial score (nSPS) is 37.3. The van der Waals surface area contributed by atoms with Crippen molar-refractivity contribution in [1.82, 2.24) is 5.32 Å². The van der Waals surface area contributed by atoms with E-state index in [1.165, 1.54) is 24.0 Å². The van der Waals surface area contributed by atoms with E-state index in [0.29, 0.717) is 18.4 Å². The zero-order chi connectivity index (χ0) is 17.4. The Hall–Kier alpha value is -1.61. The number of carbonyl (C=O) groups is 1. The molecule has 0 amide bonds. The summed E-state index contributed by atoms with van der Waals surface area (Å²) >= 11 is 0. The lowest BCUT2D eigenvalue weighted by molar-refractivity contribution is -0.146. The quantitative estimate of drug-likeness (QED) is 0.663. The molecule has 0 radical (unpaired) electrons. The Bertz CT molecular complexity index is 655. The molecule has 1 saturated heterocycles. The average molecular weight is 339 g/mol. The third-order valence-corrected chi connectivity index (χ3v) is 6.86. The van der Waals surface area contributed by atoms with Gasteiger partial charge in [0.1, 0.15) is 6.10 Å². The first-order valence-corrected chi connectivity index (χ1v) is 9.70. The molecular formula is C22H29NO2. The molecule has 1 aliphatic heterocycles. The molecule has 3 nitrogen and oxygen atoms in total. The highest BCUT2D eigenvalue weighted by Gasteiger charge is 2.54. The minimum atomic E-state index is -0.00649. The van der Waals surface area contributed by atoms with E-state index in [-0.39, 0.29) is 23.4 Å². The summed E-state index contributed by atoms with van der Waals surface area (Å²) in [4.78, 5) is 12.5. The lowest BCUT2D eigenvalue weighted by atomic mass is 9.55. The first-order valence-electron chi connectivity index (χ1n) is 9.70. The van der Waals surface area contributed by atoms with Crippen molar-refractivity contribution in [3.63, 3.8) is 0 Å². The number of hydrogen-bond donors (Lipinski definition) is 1. The summed E-state index contributed by atoms with van der Waals surface area (Å²) in [5.74, 6) is 0.911. The number of carbonyl (C=O) groups excluding carboxylic acids is 1. The standard InChI is InChI=1S/C22H29NO2/c1-15-7-6-10-22(2)12-20-17(11-19(15)22)18(21(24)25-20)14-23-13-16-8-4-3-5-9-16/h3-5,8-9,17-20,23H,1,6-7,10-14H2,2H3/t17-,18+,19-,20-,22-/m1/s1. The molecule has 0 unspecified atom stereocenters. The molecule has 2 aliphatic carbocycles. The van der Waals surface area contributed by atoms with Crippen LogP contribution < -0.4 is 5.32 Å². The van der Waals surface area contributed by atoms with Crippen LogP contribution in [0, 0.1) is 23.2 Å². The Morgan fingerprint density at radius 1 is 1.32 bits per heavy atom. The number of allylic oxidation sites excluding steroid dienone is 1. The lowest BCUT2D eigenvalue weighted by Gasteiger charge is -2.50. The molecule has 1 N–H and O–H groups in total. The van der Waals surface area contributed by atoms with Crippen LogP contribution in [-0.4, -0.2) is 18.6 Å². The van der Waals surface area contributed by atoms with Crippen molar-refractivity contribution in [2.45, 2.75) is 51.7 Å². The van der Waals surface area contributed by atoms with Crippen LogP contribution in [0.2, 0.25) is 0 Å². The van der Waals surface area contributed by atoms with Gasteiger partial charge in [0, 0.05) is 19.0 Å². The van der Waals surface area contributed by atoms with Crippen LogP contribution in [0.15, 0.2) is 42.5 Å². The van der Waals surface area contributed by atoms with Crippen molar-refractivity contribution >= 4 is 5.97 Å². The molecule has 3 heteroatoms. The van der Waals surface area contributed by atoms with E-state index in [2.05, 4.69) is 31.0 Å². The zero-order valence-corrected chi connectivity index (χ0v) is 15.2. The third-order valence-electron chi connectivity index (χ3n) is 6.86. The van der Waals surface area contributed by atoms with Crippen LogP contribution in [0.1, 0.15) is 44.6 Å². The fourth-order valence-electron chi connectivity index (χ4n) is 5.46. The predicted molar refractivity (Wildman–Crippen MR) is 98.8 cm³/mol. The number of esters is 1. The van der Waals surface area contributed by atoms with E-state index in [9.17, 15) is 4.79 Å². The minimum Gasteiger partial charge on any atom is -0.462 e. The second-order valence-electron chi connectivity index (χ2n) is 8.52. The molecule has 1 aromatic rings. The number of rotatable bonds is 4. The predicted octanol–water partition coefficient (Wildman–Crippen LogP) is 4.09. The molecule has 3 fully saturated rings. The van der Waals surface area contributed by atoms with Crippen molar-refractivity contribution in [2.75, 3.05) is 6.54 Å². The van der Waals surface area contributed by atoms with E-state index >= 15 is 0 Å². The summed E-state index contributed by atoms with van der Waals surface area (Å²) < 4.78 is 5.82. The van der Waals surface area contributed by atoms with Crippen LogP contribution in [0.25, 0.3) is 0 Å². The van der Waals surface area contributed by atoms with Crippen LogP contribution in [0.3, 0.4) is 0 Å². The molecule has 0 spiro atoms. The van der Waals surface area contributed by atoms with Gasteiger partial charge in [0.15, 0.2) is 0 Å². The van der Waals surface area contributed by atoms with Crippen molar-refractivity contribution in [3.05, 3.63) is 48.0 Å². The van der Waals surface area contributed by atoms with E-state index < -0.39 is 0 Å². The fraction of sp³-hybridized carbons (Fsp3) is 0.591. The molecule has 25 heavy (non-hydrogen) atoms. The van der Waals surface area contributed by atoms with Crippen molar-refractivity contribution in [1.29, 1.82) is 0 Å². The van der Waals surface area contributed by atoms with Gasteiger partial charge in [0.05, 0.1) is 5.92 Å².